The quantitative estimate of drug-likeness (QED) is 0.483. The Kier molecular flexibility index (Phi) is 2.64. The number of rotatable bonds is 1. The lowest BCUT2D eigenvalue weighted by Gasteiger charge is -2.44. The summed E-state index contributed by atoms with van der Waals surface area (Å²) in [7, 11) is 0. The predicted molar refractivity (Wildman–Crippen MR) is 56.0 cm³/mol. The SMILES string of the molecule is N=C1NC(N)(N2CCCCC2)C=CN1O. The van der Waals surface area contributed by atoms with Crippen LogP contribution in [-0.2, 0) is 0 Å². The summed E-state index contributed by atoms with van der Waals surface area (Å²) in [5, 5.41) is 20.2. The molecule has 0 bridgehead atoms. The molecule has 0 aromatic heterocycles. The minimum absolute atomic E-state index is 0.0921. The third-order valence-electron chi connectivity index (χ3n) is 2.90. The second-order valence-electron chi connectivity index (χ2n) is 4.01. The van der Waals surface area contributed by atoms with Gasteiger partial charge in [0.05, 0.1) is 0 Å². The zero-order valence-electron chi connectivity index (χ0n) is 8.61. The van der Waals surface area contributed by atoms with Crippen LogP contribution in [0, 0.1) is 5.41 Å². The van der Waals surface area contributed by atoms with Crippen molar-refractivity contribution in [1.82, 2.24) is 15.3 Å². The van der Waals surface area contributed by atoms with Crippen LogP contribution in [0.25, 0.3) is 0 Å². The Morgan fingerprint density at radius 1 is 1.40 bits per heavy atom. The molecule has 6 heteroatoms. The van der Waals surface area contributed by atoms with Crippen LogP contribution in [0.4, 0.5) is 0 Å². The summed E-state index contributed by atoms with van der Waals surface area (Å²) in [5.41, 5.74) is 6.14. The van der Waals surface area contributed by atoms with Crippen molar-refractivity contribution in [3.8, 4) is 0 Å². The number of hydrogen-bond acceptors (Lipinski definition) is 4. The smallest absolute Gasteiger partial charge is 0.222 e. The van der Waals surface area contributed by atoms with Gasteiger partial charge in [0.1, 0.15) is 0 Å². The highest BCUT2D eigenvalue weighted by Gasteiger charge is 2.35. The summed E-state index contributed by atoms with van der Waals surface area (Å²) in [4.78, 5) is 2.09. The maximum absolute atomic E-state index is 9.19. The van der Waals surface area contributed by atoms with Crippen molar-refractivity contribution in [2.45, 2.75) is 25.0 Å². The summed E-state index contributed by atoms with van der Waals surface area (Å²) in [6.45, 7) is 1.85. The highest BCUT2D eigenvalue weighted by atomic mass is 16.5. The van der Waals surface area contributed by atoms with E-state index in [1.807, 2.05) is 0 Å². The summed E-state index contributed by atoms with van der Waals surface area (Å²) in [5.74, 6) is -0.915. The fourth-order valence-electron chi connectivity index (χ4n) is 2.00. The van der Waals surface area contributed by atoms with Crippen LogP contribution in [0.2, 0.25) is 0 Å². The van der Waals surface area contributed by atoms with Crippen LogP contribution < -0.4 is 11.1 Å². The number of likely N-dealkylation sites (tertiary alicyclic amines) is 1. The highest BCUT2D eigenvalue weighted by molar-refractivity contribution is 5.78. The first-order chi connectivity index (χ1) is 7.12. The molecule has 0 aromatic carbocycles. The van der Waals surface area contributed by atoms with Crippen LogP contribution in [0.5, 0.6) is 0 Å². The minimum atomic E-state index is -0.823. The first-order valence-corrected chi connectivity index (χ1v) is 5.20. The number of nitrogens with two attached hydrogens (primary N) is 1. The average Bonchev–Trinajstić information content (AvgIpc) is 2.26. The fourth-order valence-corrected chi connectivity index (χ4v) is 2.00. The molecule has 2 heterocycles. The highest BCUT2D eigenvalue weighted by Crippen LogP contribution is 2.18. The molecule has 2 rings (SSSR count). The molecule has 1 unspecified atom stereocenters. The number of hydroxylamine groups is 2. The summed E-state index contributed by atoms with van der Waals surface area (Å²) in [6.07, 6.45) is 6.58. The molecule has 0 saturated carbocycles. The molecular weight excluding hydrogens is 194 g/mol. The Morgan fingerprint density at radius 3 is 2.67 bits per heavy atom. The number of nitrogens with zero attached hydrogens (tertiary/aromatic N) is 2. The van der Waals surface area contributed by atoms with Crippen molar-refractivity contribution in [3.63, 3.8) is 0 Å². The Morgan fingerprint density at radius 2 is 2.07 bits per heavy atom. The zero-order chi connectivity index (χ0) is 10.9. The van der Waals surface area contributed by atoms with E-state index in [4.69, 9.17) is 11.1 Å². The van der Waals surface area contributed by atoms with E-state index in [1.54, 1.807) is 6.08 Å². The van der Waals surface area contributed by atoms with Crippen molar-refractivity contribution in [2.24, 2.45) is 5.73 Å². The molecule has 15 heavy (non-hydrogen) atoms. The number of nitrogens with one attached hydrogen (secondary N) is 2. The largest absolute Gasteiger partial charge is 0.320 e. The van der Waals surface area contributed by atoms with Gasteiger partial charge in [-0.2, -0.15) is 5.06 Å². The van der Waals surface area contributed by atoms with Gasteiger partial charge in [0.25, 0.3) is 0 Å². The minimum Gasteiger partial charge on any atom is -0.320 e. The number of hydrogen-bond donors (Lipinski definition) is 4. The van der Waals surface area contributed by atoms with E-state index >= 15 is 0 Å². The molecule has 84 valence electrons. The van der Waals surface area contributed by atoms with Crippen molar-refractivity contribution in [1.29, 1.82) is 5.41 Å². The second kappa shape index (κ2) is 3.80. The Labute approximate surface area is 88.8 Å². The van der Waals surface area contributed by atoms with E-state index in [0.29, 0.717) is 0 Å². The van der Waals surface area contributed by atoms with E-state index in [2.05, 4.69) is 10.2 Å². The molecule has 0 aliphatic carbocycles. The molecular formula is C9H17N5O. The molecule has 5 N–H and O–H groups in total. The van der Waals surface area contributed by atoms with Gasteiger partial charge in [-0.1, -0.05) is 6.42 Å². The Balaban J connectivity index is 2.12. The monoisotopic (exact) mass is 211 g/mol. The van der Waals surface area contributed by atoms with Crippen LogP contribution in [-0.4, -0.2) is 40.0 Å². The summed E-state index contributed by atoms with van der Waals surface area (Å²) < 4.78 is 0. The van der Waals surface area contributed by atoms with E-state index < -0.39 is 5.79 Å². The van der Waals surface area contributed by atoms with Gasteiger partial charge in [0.2, 0.25) is 5.96 Å². The third-order valence-corrected chi connectivity index (χ3v) is 2.90. The molecule has 2 aliphatic heterocycles. The van der Waals surface area contributed by atoms with Gasteiger partial charge in [0.15, 0.2) is 5.79 Å². The van der Waals surface area contributed by atoms with Crippen molar-refractivity contribution in [2.75, 3.05) is 13.1 Å². The van der Waals surface area contributed by atoms with Crippen LogP contribution in [0.3, 0.4) is 0 Å². The van der Waals surface area contributed by atoms with E-state index in [0.717, 1.165) is 31.0 Å². The molecule has 6 nitrogen and oxygen atoms in total. The van der Waals surface area contributed by atoms with Gasteiger partial charge in [-0.25, -0.2) is 0 Å². The van der Waals surface area contributed by atoms with E-state index in [-0.39, 0.29) is 5.96 Å². The molecule has 0 amide bonds. The molecule has 1 saturated heterocycles. The molecule has 0 radical (unpaired) electrons. The van der Waals surface area contributed by atoms with Crippen LogP contribution in [0.15, 0.2) is 12.3 Å². The standard InChI is InChI=1S/C9H17N5O/c10-8-12-9(11,4-7-14(8)15)13-5-2-1-3-6-13/h4,7,15H,1-3,5-6,11H2,(H2,10,12). The second-order valence-corrected chi connectivity index (χ2v) is 4.01. The average molecular weight is 211 g/mol. The van der Waals surface area contributed by atoms with Crippen molar-refractivity contribution >= 4 is 5.96 Å². The molecule has 1 fully saturated rings. The topological polar surface area (TPSA) is 88.6 Å². The fraction of sp³-hybridized carbons (Fsp3) is 0.667. The molecule has 1 atom stereocenters. The summed E-state index contributed by atoms with van der Waals surface area (Å²) >= 11 is 0. The lowest BCUT2D eigenvalue weighted by atomic mass is 10.1. The van der Waals surface area contributed by atoms with Crippen LogP contribution in [0.1, 0.15) is 19.3 Å². The lowest BCUT2D eigenvalue weighted by molar-refractivity contribution is 0.00699. The third kappa shape index (κ3) is 1.97. The first kappa shape index (κ1) is 10.4. The number of guanidine groups is 1. The van der Waals surface area contributed by atoms with Gasteiger partial charge < -0.3 is 5.32 Å². The van der Waals surface area contributed by atoms with E-state index in [9.17, 15) is 5.21 Å². The predicted octanol–water partition coefficient (Wildman–Crippen LogP) is -0.172. The Hall–Kier alpha value is -1.11. The zero-order valence-corrected chi connectivity index (χ0v) is 8.61. The number of piperidine rings is 1. The van der Waals surface area contributed by atoms with Gasteiger partial charge in [0, 0.05) is 19.3 Å². The van der Waals surface area contributed by atoms with Gasteiger partial charge in [-0.15, -0.1) is 0 Å². The molecule has 0 aromatic rings. The van der Waals surface area contributed by atoms with E-state index in [1.165, 1.54) is 12.6 Å². The van der Waals surface area contributed by atoms with Gasteiger partial charge >= 0.3 is 0 Å². The van der Waals surface area contributed by atoms with Crippen LogP contribution >= 0.6 is 0 Å². The molecule has 0 spiro atoms. The maximum atomic E-state index is 9.19. The normalized spacial score (nSPS) is 32.9. The van der Waals surface area contributed by atoms with Gasteiger partial charge in [-0.3, -0.25) is 21.3 Å². The first-order valence-electron chi connectivity index (χ1n) is 5.20. The summed E-state index contributed by atoms with van der Waals surface area (Å²) in [6, 6.07) is 0. The molecule has 2 aliphatic rings. The maximum Gasteiger partial charge on any atom is 0.222 e. The lowest BCUT2D eigenvalue weighted by Crippen LogP contribution is -2.69. The Bertz CT molecular complexity index is 286. The van der Waals surface area contributed by atoms with Crippen molar-refractivity contribution < 1.29 is 5.21 Å². The van der Waals surface area contributed by atoms with Crippen molar-refractivity contribution in [3.05, 3.63) is 12.3 Å². The van der Waals surface area contributed by atoms with Gasteiger partial charge in [-0.05, 0) is 18.9 Å².